The Kier molecular flexibility index (Phi) is 6.72. The molecule has 1 heterocycles. The van der Waals surface area contributed by atoms with Gasteiger partial charge in [0, 0.05) is 0 Å². The lowest BCUT2D eigenvalue weighted by molar-refractivity contribution is -0.135. The van der Waals surface area contributed by atoms with Gasteiger partial charge in [-0.1, -0.05) is 75.4 Å². The van der Waals surface area contributed by atoms with Crippen LogP contribution in [0.25, 0.3) is 0 Å². The van der Waals surface area contributed by atoms with Gasteiger partial charge in [0.2, 0.25) is 5.91 Å². The molecule has 0 saturated carbocycles. The summed E-state index contributed by atoms with van der Waals surface area (Å²) in [5.74, 6) is -1.27. The summed E-state index contributed by atoms with van der Waals surface area (Å²) in [4.78, 5) is 51.4. The van der Waals surface area contributed by atoms with Crippen molar-refractivity contribution in [3.63, 3.8) is 0 Å². The molecule has 7 nitrogen and oxygen atoms in total. The monoisotopic (exact) mass is 449 g/mol. The molecule has 1 fully saturated rings. The number of amides is 4. The average Bonchev–Trinajstić information content (AvgIpc) is 2.97. The van der Waals surface area contributed by atoms with E-state index in [1.165, 1.54) is 6.92 Å². The molecule has 1 saturated heterocycles. The molecule has 33 heavy (non-hydrogen) atoms. The van der Waals surface area contributed by atoms with Crippen molar-refractivity contribution in [2.24, 2.45) is 0 Å². The van der Waals surface area contributed by atoms with Gasteiger partial charge in [-0.2, -0.15) is 0 Å². The fourth-order valence-corrected chi connectivity index (χ4v) is 3.87. The lowest BCUT2D eigenvalue weighted by Crippen LogP contribution is -2.48. The van der Waals surface area contributed by atoms with Crippen LogP contribution in [0.3, 0.4) is 0 Å². The molecule has 0 radical (unpaired) electrons. The largest absolute Gasteiger partial charge is 0.344 e. The molecule has 2 aromatic rings. The van der Waals surface area contributed by atoms with Crippen LogP contribution >= 0.6 is 0 Å². The summed E-state index contributed by atoms with van der Waals surface area (Å²) in [6.07, 6.45) is 0.333. The van der Waals surface area contributed by atoms with Crippen LogP contribution in [0.4, 0.5) is 4.79 Å². The smallest absolute Gasteiger partial charge is 0.325 e. The lowest BCUT2D eigenvalue weighted by Gasteiger charge is -2.25. The van der Waals surface area contributed by atoms with Crippen LogP contribution in [0.15, 0.2) is 54.6 Å². The number of imide groups is 1. The van der Waals surface area contributed by atoms with Gasteiger partial charge in [-0.25, -0.2) is 4.79 Å². The summed E-state index contributed by atoms with van der Waals surface area (Å²) < 4.78 is 0. The number of ketones is 1. The summed E-state index contributed by atoms with van der Waals surface area (Å²) in [6, 6.07) is 15.5. The molecule has 4 amide bonds. The van der Waals surface area contributed by atoms with Gasteiger partial charge in [0.05, 0.1) is 6.04 Å². The zero-order valence-electron chi connectivity index (χ0n) is 19.8. The minimum Gasteiger partial charge on any atom is -0.344 e. The summed E-state index contributed by atoms with van der Waals surface area (Å²) in [5.41, 5.74) is 1.34. The van der Waals surface area contributed by atoms with Gasteiger partial charge in [0.15, 0.2) is 5.78 Å². The van der Waals surface area contributed by atoms with Crippen LogP contribution in [0.2, 0.25) is 0 Å². The summed E-state index contributed by atoms with van der Waals surface area (Å²) >= 11 is 0. The predicted molar refractivity (Wildman–Crippen MR) is 125 cm³/mol. The molecule has 0 aliphatic carbocycles. The maximum atomic E-state index is 13.2. The van der Waals surface area contributed by atoms with Gasteiger partial charge in [0.1, 0.15) is 12.1 Å². The van der Waals surface area contributed by atoms with E-state index in [4.69, 9.17) is 0 Å². The van der Waals surface area contributed by atoms with Gasteiger partial charge < -0.3 is 10.6 Å². The van der Waals surface area contributed by atoms with E-state index in [1.54, 1.807) is 6.92 Å². The standard InChI is InChI=1S/C26H31N3O4/c1-17(30)21(15-18-9-7-6-8-10-18)27-22(31)16-29-23(32)26(5,28-24(29)33)20-13-11-19(12-14-20)25(2,3)4/h6-14,21H,15-16H2,1-5H3,(H,27,31)(H,28,33)/t21-,26+/m0/s1. The van der Waals surface area contributed by atoms with Crippen molar-refractivity contribution < 1.29 is 19.2 Å². The normalized spacial score (nSPS) is 19.2. The van der Waals surface area contributed by atoms with Crippen molar-refractivity contribution in [3.05, 3.63) is 71.3 Å². The molecule has 0 unspecified atom stereocenters. The van der Waals surface area contributed by atoms with E-state index in [1.807, 2.05) is 54.6 Å². The molecular weight excluding hydrogens is 418 g/mol. The first kappa shape index (κ1) is 24.2. The van der Waals surface area contributed by atoms with Crippen LogP contribution in [-0.4, -0.2) is 41.1 Å². The highest BCUT2D eigenvalue weighted by molar-refractivity contribution is 6.09. The number of hydrogen-bond donors (Lipinski definition) is 2. The van der Waals surface area contributed by atoms with E-state index in [-0.39, 0.29) is 11.2 Å². The number of urea groups is 1. The van der Waals surface area contributed by atoms with Gasteiger partial charge in [-0.15, -0.1) is 0 Å². The number of nitrogens with zero attached hydrogens (tertiary/aromatic N) is 1. The number of rotatable bonds is 7. The highest BCUT2D eigenvalue weighted by atomic mass is 16.2. The van der Waals surface area contributed by atoms with Crippen molar-refractivity contribution >= 4 is 23.6 Å². The fraction of sp³-hybridized carbons (Fsp3) is 0.385. The number of nitrogens with one attached hydrogen (secondary N) is 2. The summed E-state index contributed by atoms with van der Waals surface area (Å²) in [6.45, 7) is 8.86. The second-order valence-corrected chi connectivity index (χ2v) is 9.69. The van der Waals surface area contributed by atoms with Crippen molar-refractivity contribution in [1.29, 1.82) is 0 Å². The molecule has 0 spiro atoms. The molecule has 2 N–H and O–H groups in total. The molecule has 7 heteroatoms. The van der Waals surface area contributed by atoms with E-state index < -0.39 is 36.0 Å². The van der Waals surface area contributed by atoms with E-state index in [0.717, 1.165) is 16.0 Å². The summed E-state index contributed by atoms with van der Waals surface area (Å²) in [5, 5.41) is 5.38. The highest BCUT2D eigenvalue weighted by Gasteiger charge is 2.49. The summed E-state index contributed by atoms with van der Waals surface area (Å²) in [7, 11) is 0. The average molecular weight is 450 g/mol. The zero-order chi connectivity index (χ0) is 24.4. The molecule has 2 atom stereocenters. The van der Waals surface area contributed by atoms with Crippen molar-refractivity contribution in [1.82, 2.24) is 15.5 Å². The molecule has 0 aromatic heterocycles. The number of hydrogen-bond acceptors (Lipinski definition) is 4. The van der Waals surface area contributed by atoms with Crippen LogP contribution in [-0.2, 0) is 31.8 Å². The van der Waals surface area contributed by atoms with E-state index in [2.05, 4.69) is 31.4 Å². The molecule has 3 rings (SSSR count). The van der Waals surface area contributed by atoms with Gasteiger partial charge in [-0.3, -0.25) is 19.3 Å². The third kappa shape index (κ3) is 5.30. The van der Waals surface area contributed by atoms with Crippen molar-refractivity contribution in [2.75, 3.05) is 6.54 Å². The molecule has 0 bridgehead atoms. The van der Waals surface area contributed by atoms with E-state index in [0.29, 0.717) is 12.0 Å². The van der Waals surface area contributed by atoms with Crippen molar-refractivity contribution in [2.45, 2.75) is 58.0 Å². The fourth-order valence-electron chi connectivity index (χ4n) is 3.87. The Balaban J connectivity index is 1.71. The Hall–Kier alpha value is -3.48. The first-order chi connectivity index (χ1) is 15.4. The molecule has 1 aliphatic heterocycles. The third-order valence-corrected chi connectivity index (χ3v) is 6.01. The van der Waals surface area contributed by atoms with Crippen molar-refractivity contribution in [3.8, 4) is 0 Å². The van der Waals surface area contributed by atoms with Gasteiger partial charge in [-0.05, 0) is 42.4 Å². The molecule has 1 aliphatic rings. The zero-order valence-corrected chi connectivity index (χ0v) is 19.8. The number of Topliss-reactive ketones (excluding diaryl/α,β-unsaturated/α-hetero) is 1. The quantitative estimate of drug-likeness (QED) is 0.635. The number of carbonyl (C=O) groups excluding carboxylic acids is 4. The SMILES string of the molecule is CC(=O)[C@H](Cc1ccccc1)NC(=O)CN1C(=O)N[C@](C)(c2ccc(C(C)(C)C)cc2)C1=O. The second kappa shape index (κ2) is 9.17. The Morgan fingerprint density at radius 1 is 1.03 bits per heavy atom. The minimum atomic E-state index is -1.27. The number of carbonyl (C=O) groups is 4. The first-order valence-electron chi connectivity index (χ1n) is 11.0. The van der Waals surface area contributed by atoms with Crippen LogP contribution in [0.5, 0.6) is 0 Å². The maximum absolute atomic E-state index is 13.2. The topological polar surface area (TPSA) is 95.6 Å². The Bertz CT molecular complexity index is 1060. The first-order valence-corrected chi connectivity index (χ1v) is 11.0. The van der Waals surface area contributed by atoms with Crippen LogP contribution in [0, 0.1) is 0 Å². The molecular formula is C26H31N3O4. The molecule has 2 aromatic carbocycles. The van der Waals surface area contributed by atoms with Crippen LogP contribution < -0.4 is 10.6 Å². The predicted octanol–water partition coefficient (Wildman–Crippen LogP) is 3.07. The Morgan fingerprint density at radius 3 is 2.18 bits per heavy atom. The number of benzene rings is 2. The second-order valence-electron chi connectivity index (χ2n) is 9.69. The lowest BCUT2D eigenvalue weighted by atomic mass is 9.84. The maximum Gasteiger partial charge on any atom is 0.325 e. The minimum absolute atomic E-state index is 0.0422. The van der Waals surface area contributed by atoms with E-state index >= 15 is 0 Å². The molecule has 174 valence electrons. The van der Waals surface area contributed by atoms with Gasteiger partial charge >= 0.3 is 6.03 Å². The van der Waals surface area contributed by atoms with Crippen LogP contribution in [0.1, 0.15) is 51.3 Å². The Labute approximate surface area is 194 Å². The third-order valence-electron chi connectivity index (χ3n) is 6.01. The van der Waals surface area contributed by atoms with Gasteiger partial charge in [0.25, 0.3) is 5.91 Å². The Morgan fingerprint density at radius 2 is 1.64 bits per heavy atom. The highest BCUT2D eigenvalue weighted by Crippen LogP contribution is 2.31. The van der Waals surface area contributed by atoms with E-state index in [9.17, 15) is 19.2 Å².